The standard InChI is InChI=1S/C17H20ClNO4/c1-10-7-12(18)8-11(2)14(10)9-15(21)19-17(16(22)23)5-3-13(20)4-6-17/h7-8H,3-6,9H2,1-2H3,(H,19,21)(H,22,23). The summed E-state index contributed by atoms with van der Waals surface area (Å²) in [6.07, 6.45) is 0.756. The smallest absolute Gasteiger partial charge is 0.329 e. The third-order valence-corrected chi connectivity index (χ3v) is 4.67. The Bertz CT molecular complexity index is 636. The van der Waals surface area contributed by atoms with Gasteiger partial charge in [0.2, 0.25) is 5.91 Å². The van der Waals surface area contributed by atoms with E-state index >= 15 is 0 Å². The van der Waals surface area contributed by atoms with Gasteiger partial charge in [-0.2, -0.15) is 0 Å². The molecule has 1 aromatic carbocycles. The highest BCUT2D eigenvalue weighted by molar-refractivity contribution is 6.30. The van der Waals surface area contributed by atoms with Gasteiger partial charge < -0.3 is 10.4 Å². The van der Waals surface area contributed by atoms with Crippen molar-refractivity contribution >= 4 is 29.3 Å². The molecule has 0 aromatic heterocycles. The van der Waals surface area contributed by atoms with Crippen LogP contribution in [0.5, 0.6) is 0 Å². The molecule has 1 aliphatic rings. The SMILES string of the molecule is Cc1cc(Cl)cc(C)c1CC(=O)NC1(C(=O)O)CCC(=O)CC1. The van der Waals surface area contributed by atoms with Crippen LogP contribution in [0.2, 0.25) is 5.02 Å². The quantitative estimate of drug-likeness (QED) is 0.884. The fourth-order valence-corrected chi connectivity index (χ4v) is 3.37. The second kappa shape index (κ2) is 6.71. The van der Waals surface area contributed by atoms with E-state index < -0.39 is 11.5 Å². The van der Waals surface area contributed by atoms with Crippen LogP contribution in [0.1, 0.15) is 42.4 Å². The van der Waals surface area contributed by atoms with Crippen molar-refractivity contribution in [3.8, 4) is 0 Å². The van der Waals surface area contributed by atoms with Gasteiger partial charge in [-0.1, -0.05) is 11.6 Å². The molecule has 0 heterocycles. The largest absolute Gasteiger partial charge is 0.480 e. The Morgan fingerprint density at radius 3 is 2.22 bits per heavy atom. The minimum atomic E-state index is -1.33. The van der Waals surface area contributed by atoms with E-state index in [4.69, 9.17) is 11.6 Å². The molecule has 1 aliphatic carbocycles. The number of hydrogen-bond acceptors (Lipinski definition) is 3. The number of rotatable bonds is 4. The Labute approximate surface area is 140 Å². The molecule has 0 unspecified atom stereocenters. The van der Waals surface area contributed by atoms with E-state index in [0.717, 1.165) is 16.7 Å². The Morgan fingerprint density at radius 1 is 1.22 bits per heavy atom. The Balaban J connectivity index is 2.15. The fourth-order valence-electron chi connectivity index (χ4n) is 3.04. The molecule has 1 fully saturated rings. The monoisotopic (exact) mass is 337 g/mol. The summed E-state index contributed by atoms with van der Waals surface area (Å²) < 4.78 is 0. The number of aryl methyl sites for hydroxylation is 2. The average Bonchev–Trinajstić information content (AvgIpc) is 2.45. The number of carboxylic acid groups (broad SMARTS) is 1. The van der Waals surface area contributed by atoms with Gasteiger partial charge in [-0.3, -0.25) is 9.59 Å². The second-order valence-corrected chi connectivity index (χ2v) is 6.61. The van der Waals surface area contributed by atoms with Crippen molar-refractivity contribution in [3.05, 3.63) is 33.8 Å². The first-order valence-electron chi connectivity index (χ1n) is 7.55. The number of aliphatic carboxylic acids is 1. The Hall–Kier alpha value is -1.88. The third kappa shape index (κ3) is 3.91. The zero-order valence-corrected chi connectivity index (χ0v) is 14.0. The molecule has 0 saturated heterocycles. The molecule has 0 radical (unpaired) electrons. The van der Waals surface area contributed by atoms with Crippen molar-refractivity contribution in [2.75, 3.05) is 0 Å². The summed E-state index contributed by atoms with van der Waals surface area (Å²) in [6, 6.07) is 3.56. The first-order valence-corrected chi connectivity index (χ1v) is 7.93. The maximum Gasteiger partial charge on any atom is 0.329 e. The molecule has 2 N–H and O–H groups in total. The highest BCUT2D eigenvalue weighted by Crippen LogP contribution is 2.27. The predicted octanol–water partition coefficient (Wildman–Crippen LogP) is 2.58. The molecule has 0 spiro atoms. The summed E-state index contributed by atoms with van der Waals surface area (Å²) in [6.45, 7) is 3.74. The van der Waals surface area contributed by atoms with Gasteiger partial charge in [-0.05, 0) is 55.5 Å². The van der Waals surface area contributed by atoms with Crippen molar-refractivity contribution in [1.29, 1.82) is 0 Å². The van der Waals surface area contributed by atoms with Crippen LogP contribution < -0.4 is 5.32 Å². The highest BCUT2D eigenvalue weighted by Gasteiger charge is 2.42. The van der Waals surface area contributed by atoms with Crippen molar-refractivity contribution in [2.24, 2.45) is 0 Å². The topological polar surface area (TPSA) is 83.5 Å². The lowest BCUT2D eigenvalue weighted by Gasteiger charge is -2.33. The van der Waals surface area contributed by atoms with Crippen LogP contribution in [0.3, 0.4) is 0 Å². The molecule has 2 rings (SSSR count). The summed E-state index contributed by atoms with van der Waals surface area (Å²) in [5.41, 5.74) is 1.31. The molecule has 124 valence electrons. The normalized spacial score (nSPS) is 16.9. The van der Waals surface area contributed by atoms with Gasteiger partial charge in [0, 0.05) is 17.9 Å². The van der Waals surface area contributed by atoms with E-state index in [2.05, 4.69) is 5.32 Å². The zero-order valence-electron chi connectivity index (χ0n) is 13.2. The number of halogens is 1. The molecule has 5 nitrogen and oxygen atoms in total. The lowest BCUT2D eigenvalue weighted by Crippen LogP contribution is -2.56. The molecule has 1 amide bonds. The number of benzene rings is 1. The first-order chi connectivity index (χ1) is 10.7. The number of amides is 1. The summed E-state index contributed by atoms with van der Waals surface area (Å²) in [5, 5.41) is 12.7. The lowest BCUT2D eigenvalue weighted by molar-refractivity contribution is -0.150. The minimum absolute atomic E-state index is 0.0421. The van der Waals surface area contributed by atoms with Crippen molar-refractivity contribution in [1.82, 2.24) is 5.32 Å². The first kappa shape index (κ1) is 17.5. The van der Waals surface area contributed by atoms with Crippen LogP contribution in [-0.4, -0.2) is 28.3 Å². The molecular formula is C17H20ClNO4. The maximum atomic E-state index is 12.4. The van der Waals surface area contributed by atoms with Gasteiger partial charge in [0.15, 0.2) is 0 Å². The molecule has 23 heavy (non-hydrogen) atoms. The van der Waals surface area contributed by atoms with Gasteiger partial charge in [0.1, 0.15) is 11.3 Å². The van der Waals surface area contributed by atoms with Crippen LogP contribution in [0.15, 0.2) is 12.1 Å². The number of ketones is 1. The number of carboxylic acids is 1. The molecule has 1 aromatic rings. The minimum Gasteiger partial charge on any atom is -0.480 e. The predicted molar refractivity (Wildman–Crippen MR) is 86.6 cm³/mol. The molecule has 6 heteroatoms. The summed E-state index contributed by atoms with van der Waals surface area (Å²) >= 11 is 5.98. The Morgan fingerprint density at radius 2 is 1.74 bits per heavy atom. The number of nitrogens with one attached hydrogen (secondary N) is 1. The van der Waals surface area contributed by atoms with Crippen LogP contribution in [0.25, 0.3) is 0 Å². The fraction of sp³-hybridized carbons (Fsp3) is 0.471. The van der Waals surface area contributed by atoms with E-state index in [1.807, 2.05) is 13.8 Å². The highest BCUT2D eigenvalue weighted by atomic mass is 35.5. The van der Waals surface area contributed by atoms with Crippen LogP contribution in [-0.2, 0) is 20.8 Å². The van der Waals surface area contributed by atoms with Gasteiger partial charge >= 0.3 is 5.97 Å². The van der Waals surface area contributed by atoms with Gasteiger partial charge in [-0.15, -0.1) is 0 Å². The van der Waals surface area contributed by atoms with E-state index in [1.54, 1.807) is 12.1 Å². The van der Waals surface area contributed by atoms with E-state index in [1.165, 1.54) is 0 Å². The van der Waals surface area contributed by atoms with E-state index in [0.29, 0.717) is 5.02 Å². The van der Waals surface area contributed by atoms with Gasteiger partial charge in [0.25, 0.3) is 0 Å². The molecular weight excluding hydrogens is 318 g/mol. The van der Waals surface area contributed by atoms with Crippen LogP contribution in [0.4, 0.5) is 0 Å². The van der Waals surface area contributed by atoms with Gasteiger partial charge in [0.05, 0.1) is 6.42 Å². The van der Waals surface area contributed by atoms with E-state index in [9.17, 15) is 19.5 Å². The lowest BCUT2D eigenvalue weighted by atomic mass is 9.81. The Kier molecular flexibility index (Phi) is 5.09. The zero-order chi connectivity index (χ0) is 17.2. The third-order valence-electron chi connectivity index (χ3n) is 4.45. The van der Waals surface area contributed by atoms with E-state index in [-0.39, 0.29) is 43.8 Å². The molecule has 0 aliphatic heterocycles. The van der Waals surface area contributed by atoms with Crippen LogP contribution >= 0.6 is 11.6 Å². The van der Waals surface area contributed by atoms with Crippen molar-refractivity contribution in [3.63, 3.8) is 0 Å². The summed E-state index contributed by atoms with van der Waals surface area (Å²) in [4.78, 5) is 35.3. The van der Waals surface area contributed by atoms with Crippen molar-refractivity contribution in [2.45, 2.75) is 51.5 Å². The number of carbonyl (C=O) groups is 3. The summed E-state index contributed by atoms with van der Waals surface area (Å²) in [5.74, 6) is -1.39. The number of Topliss-reactive ketones (excluding diaryl/α,β-unsaturated/α-hetero) is 1. The molecule has 0 bridgehead atoms. The summed E-state index contributed by atoms with van der Waals surface area (Å²) in [7, 11) is 0. The maximum absolute atomic E-state index is 12.4. The van der Waals surface area contributed by atoms with Gasteiger partial charge in [-0.25, -0.2) is 4.79 Å². The van der Waals surface area contributed by atoms with Crippen LogP contribution in [0, 0.1) is 13.8 Å². The number of carbonyl (C=O) groups excluding carboxylic acids is 2. The second-order valence-electron chi connectivity index (χ2n) is 6.17. The molecule has 0 atom stereocenters. The average molecular weight is 338 g/mol. The molecule has 1 saturated carbocycles. The number of hydrogen-bond donors (Lipinski definition) is 2. The van der Waals surface area contributed by atoms with Crippen molar-refractivity contribution < 1.29 is 19.5 Å².